The van der Waals surface area contributed by atoms with Gasteiger partial charge in [0.05, 0.1) is 18.4 Å². The van der Waals surface area contributed by atoms with Crippen LogP contribution in [0.3, 0.4) is 0 Å². The van der Waals surface area contributed by atoms with Gasteiger partial charge < -0.3 is 14.8 Å². The summed E-state index contributed by atoms with van der Waals surface area (Å²) in [5, 5.41) is 9.87. The molecule has 2 heterocycles. The number of hydrogen-bond donors (Lipinski definition) is 2. The van der Waals surface area contributed by atoms with Gasteiger partial charge in [0.1, 0.15) is 5.75 Å². The van der Waals surface area contributed by atoms with E-state index in [0.29, 0.717) is 32.5 Å². The molecule has 28 heavy (non-hydrogen) atoms. The number of hydrogen-bond acceptors (Lipinski definition) is 5. The van der Waals surface area contributed by atoms with E-state index in [0.717, 1.165) is 10.1 Å². The van der Waals surface area contributed by atoms with Gasteiger partial charge in [0.15, 0.2) is 0 Å². The van der Waals surface area contributed by atoms with Crippen molar-refractivity contribution in [1.29, 1.82) is 0 Å². The maximum absolute atomic E-state index is 12.6. The lowest BCUT2D eigenvalue weighted by Crippen LogP contribution is -2.41. The van der Waals surface area contributed by atoms with Crippen LogP contribution >= 0.6 is 0 Å². The molecular weight excluding hydrogens is 382 g/mol. The van der Waals surface area contributed by atoms with E-state index in [4.69, 9.17) is 4.74 Å². The number of H-pyrrole nitrogens is 1. The van der Waals surface area contributed by atoms with Crippen molar-refractivity contribution in [3.05, 3.63) is 51.1 Å². The van der Waals surface area contributed by atoms with Crippen molar-refractivity contribution in [1.82, 2.24) is 13.9 Å². The molecule has 0 saturated carbocycles. The Morgan fingerprint density at radius 3 is 2.46 bits per heavy atom. The lowest BCUT2D eigenvalue weighted by molar-refractivity contribution is 0.0101. The average molecular weight is 410 g/mol. The molecule has 0 amide bonds. The standard InChI is InChI=1S/C19H27N3O5S/c1-13-4-5-15(10-14(13)2)11-27-16-6-8-22(9-7-16)28(25,26)12-17-18(23)21(3)19(24)20-17/h4-5,10,16,23H,6-9,11-12H2,1-3H3,(H,20,24). The third-order valence-electron chi connectivity index (χ3n) is 5.33. The zero-order chi connectivity index (χ0) is 20.5. The summed E-state index contributed by atoms with van der Waals surface area (Å²) in [6, 6.07) is 6.24. The average Bonchev–Trinajstić information content (AvgIpc) is 2.89. The number of piperidine rings is 1. The van der Waals surface area contributed by atoms with Crippen molar-refractivity contribution in [3.8, 4) is 5.88 Å². The van der Waals surface area contributed by atoms with Crippen LogP contribution in [-0.4, -0.2) is 46.6 Å². The number of imidazole rings is 1. The van der Waals surface area contributed by atoms with E-state index in [1.54, 1.807) is 0 Å². The highest BCUT2D eigenvalue weighted by atomic mass is 32.2. The van der Waals surface area contributed by atoms with Gasteiger partial charge in [-0.15, -0.1) is 0 Å². The molecule has 0 aliphatic carbocycles. The highest BCUT2D eigenvalue weighted by Gasteiger charge is 2.30. The minimum Gasteiger partial charge on any atom is -0.493 e. The van der Waals surface area contributed by atoms with Gasteiger partial charge in [0.2, 0.25) is 15.9 Å². The fraction of sp³-hybridized carbons (Fsp3) is 0.526. The van der Waals surface area contributed by atoms with Crippen molar-refractivity contribution in [2.45, 2.75) is 45.2 Å². The molecule has 0 unspecified atom stereocenters. The lowest BCUT2D eigenvalue weighted by atomic mass is 10.1. The Hall–Kier alpha value is -2.10. The third kappa shape index (κ3) is 4.48. The molecule has 0 radical (unpaired) electrons. The highest BCUT2D eigenvalue weighted by Crippen LogP contribution is 2.22. The van der Waals surface area contributed by atoms with Crippen LogP contribution in [0.25, 0.3) is 0 Å². The molecule has 9 heteroatoms. The number of rotatable bonds is 6. The van der Waals surface area contributed by atoms with Gasteiger partial charge in [-0.2, -0.15) is 0 Å². The van der Waals surface area contributed by atoms with Crippen molar-refractivity contribution in [3.63, 3.8) is 0 Å². The van der Waals surface area contributed by atoms with Crippen molar-refractivity contribution in [2.24, 2.45) is 7.05 Å². The van der Waals surface area contributed by atoms with E-state index < -0.39 is 21.5 Å². The third-order valence-corrected chi connectivity index (χ3v) is 7.13. The van der Waals surface area contributed by atoms with Crippen LogP contribution in [-0.2, 0) is 34.2 Å². The van der Waals surface area contributed by atoms with Crippen molar-refractivity contribution < 1.29 is 18.3 Å². The fourth-order valence-electron chi connectivity index (χ4n) is 3.33. The molecule has 8 nitrogen and oxygen atoms in total. The Kier molecular flexibility index (Phi) is 5.97. The predicted octanol–water partition coefficient (Wildman–Crippen LogP) is 1.55. The van der Waals surface area contributed by atoms with Crippen molar-refractivity contribution >= 4 is 10.0 Å². The molecule has 154 valence electrons. The van der Waals surface area contributed by atoms with E-state index in [9.17, 15) is 18.3 Å². The Morgan fingerprint density at radius 1 is 1.21 bits per heavy atom. The summed E-state index contributed by atoms with van der Waals surface area (Å²) in [5.41, 5.74) is 3.06. The van der Waals surface area contributed by atoms with E-state index >= 15 is 0 Å². The smallest absolute Gasteiger partial charge is 0.328 e. The molecule has 2 N–H and O–H groups in total. The van der Waals surface area contributed by atoms with Gasteiger partial charge in [-0.25, -0.2) is 17.5 Å². The maximum Gasteiger partial charge on any atom is 0.328 e. The minimum absolute atomic E-state index is 0.0120. The minimum atomic E-state index is -3.63. The Labute approximate surface area is 164 Å². The van der Waals surface area contributed by atoms with Crippen LogP contribution in [0.15, 0.2) is 23.0 Å². The van der Waals surface area contributed by atoms with Gasteiger partial charge in [0, 0.05) is 20.1 Å². The monoisotopic (exact) mass is 409 g/mol. The number of ether oxygens (including phenoxy) is 1. The summed E-state index contributed by atoms with van der Waals surface area (Å²) in [7, 11) is -2.25. The molecule has 1 saturated heterocycles. The molecule has 1 aliphatic rings. The van der Waals surface area contributed by atoms with Gasteiger partial charge >= 0.3 is 5.69 Å². The summed E-state index contributed by atoms with van der Waals surface area (Å²) in [6.45, 7) is 5.37. The van der Waals surface area contributed by atoms with Crippen molar-refractivity contribution in [2.75, 3.05) is 13.1 Å². The van der Waals surface area contributed by atoms with E-state index in [1.165, 1.54) is 22.5 Å². The Bertz CT molecular complexity index is 1000. The quantitative estimate of drug-likeness (QED) is 0.753. The summed E-state index contributed by atoms with van der Waals surface area (Å²) in [4.78, 5) is 13.9. The zero-order valence-corrected chi connectivity index (χ0v) is 17.3. The van der Waals surface area contributed by atoms with Gasteiger partial charge in [-0.05, 0) is 43.4 Å². The molecule has 2 aromatic rings. The van der Waals surface area contributed by atoms with Gasteiger partial charge in [-0.3, -0.25) is 4.57 Å². The number of sulfonamides is 1. The zero-order valence-electron chi connectivity index (χ0n) is 16.4. The van der Waals surface area contributed by atoms with E-state index in [1.807, 2.05) is 0 Å². The second-order valence-corrected chi connectivity index (χ2v) is 9.34. The van der Waals surface area contributed by atoms with Crippen LogP contribution in [0.1, 0.15) is 35.2 Å². The molecule has 1 aromatic carbocycles. The van der Waals surface area contributed by atoms with Crippen LogP contribution in [0, 0.1) is 13.8 Å². The maximum atomic E-state index is 12.6. The van der Waals surface area contributed by atoms with Crippen LogP contribution in [0.5, 0.6) is 5.88 Å². The summed E-state index contributed by atoms with van der Waals surface area (Å²) < 4.78 is 33.6. The first-order valence-corrected chi connectivity index (χ1v) is 10.9. The first kappa shape index (κ1) is 20.6. The SMILES string of the molecule is Cc1ccc(COC2CCN(S(=O)(=O)Cc3[nH]c(=O)n(C)c3O)CC2)cc1C. The topological polar surface area (TPSA) is 105 Å². The number of nitrogens with one attached hydrogen (secondary N) is 1. The summed E-state index contributed by atoms with van der Waals surface area (Å²) in [6.07, 6.45) is 1.24. The van der Waals surface area contributed by atoms with Gasteiger partial charge in [0.25, 0.3) is 0 Å². The number of aromatic amines is 1. The summed E-state index contributed by atoms with van der Waals surface area (Å²) in [5.74, 6) is -0.775. The second-order valence-electron chi connectivity index (χ2n) is 7.38. The Balaban J connectivity index is 1.54. The molecule has 1 aromatic heterocycles. The highest BCUT2D eigenvalue weighted by molar-refractivity contribution is 7.88. The largest absolute Gasteiger partial charge is 0.493 e. The molecular formula is C19H27N3O5S. The predicted molar refractivity (Wildman–Crippen MR) is 106 cm³/mol. The first-order chi connectivity index (χ1) is 13.2. The number of aryl methyl sites for hydroxylation is 2. The van der Waals surface area contributed by atoms with Crippen LogP contribution < -0.4 is 5.69 Å². The molecule has 0 atom stereocenters. The molecule has 1 fully saturated rings. The number of benzene rings is 1. The van der Waals surface area contributed by atoms with Crippen LogP contribution in [0.2, 0.25) is 0 Å². The van der Waals surface area contributed by atoms with Crippen LogP contribution in [0.4, 0.5) is 0 Å². The molecule has 3 rings (SSSR count). The number of nitrogens with zero attached hydrogens (tertiary/aromatic N) is 2. The second kappa shape index (κ2) is 8.10. The molecule has 1 aliphatic heterocycles. The normalized spacial score (nSPS) is 16.5. The lowest BCUT2D eigenvalue weighted by Gasteiger charge is -2.31. The van der Waals surface area contributed by atoms with E-state index in [-0.39, 0.29) is 17.7 Å². The number of aromatic hydroxyl groups is 1. The Morgan fingerprint density at radius 2 is 1.89 bits per heavy atom. The number of aromatic nitrogens is 2. The molecule has 0 spiro atoms. The molecule has 0 bridgehead atoms. The van der Waals surface area contributed by atoms with E-state index in [2.05, 4.69) is 37.0 Å². The first-order valence-electron chi connectivity index (χ1n) is 9.30. The van der Waals surface area contributed by atoms with Gasteiger partial charge in [-0.1, -0.05) is 18.2 Å². The summed E-state index contributed by atoms with van der Waals surface area (Å²) >= 11 is 0. The fourth-order valence-corrected chi connectivity index (χ4v) is 4.84.